The minimum Gasteiger partial charge on any atom is -0.312 e. The van der Waals surface area contributed by atoms with Crippen molar-refractivity contribution >= 4 is 145 Å². The molecule has 9 heteroatoms. The van der Waals surface area contributed by atoms with E-state index >= 15 is 0 Å². The van der Waals surface area contributed by atoms with Gasteiger partial charge in [-0.15, -0.1) is 0 Å². The highest BCUT2D eigenvalue weighted by Crippen LogP contribution is 2.59. The van der Waals surface area contributed by atoms with Crippen LogP contribution in [0, 0.1) is 0 Å². The van der Waals surface area contributed by atoms with E-state index in [1.54, 1.807) is 0 Å². The van der Waals surface area contributed by atoms with E-state index in [1.165, 1.54) is 138 Å². The lowest BCUT2D eigenvalue weighted by Gasteiger charge is -2.38. The number of hydrogen-bond acceptors (Lipinski definition) is 1. The maximum Gasteiger partial charge on any atom is 0.141 e. The Kier molecular flexibility index (Phi) is 10.2. The van der Waals surface area contributed by atoms with Gasteiger partial charge in [-0.2, -0.15) is 0 Å². The molecule has 10 aromatic carbocycles. The SMILES string of the molecule is Bc1c(B)c(N(c2cccc3c2-c2ccccc2C3(c2ccccc2)c2ccccc2)c2c(B)c(B)c(-c3cccc4ccccc34)c(B)c2B)c(B)c(B)c1-c1cccc2ccccc12. The number of benzene rings is 10. The molecular formula is C57H47B8N. The largest absolute Gasteiger partial charge is 0.312 e. The second-order valence-corrected chi connectivity index (χ2v) is 18.6. The van der Waals surface area contributed by atoms with Gasteiger partial charge < -0.3 is 4.90 Å². The number of nitrogens with zero attached hydrogens (tertiary/aromatic N) is 1. The minimum absolute atomic E-state index is 0.529. The van der Waals surface area contributed by atoms with Crippen LogP contribution >= 0.6 is 0 Å². The summed E-state index contributed by atoms with van der Waals surface area (Å²) in [7, 11) is 18.8. The zero-order valence-electron chi connectivity index (χ0n) is 39.3. The quantitative estimate of drug-likeness (QED) is 0.219. The molecule has 0 aliphatic heterocycles. The van der Waals surface area contributed by atoms with Crippen molar-refractivity contribution in [3.05, 3.63) is 210 Å². The van der Waals surface area contributed by atoms with Crippen LogP contribution in [0.15, 0.2) is 188 Å². The van der Waals surface area contributed by atoms with Crippen LogP contribution in [0.2, 0.25) is 0 Å². The molecule has 0 spiro atoms. The lowest BCUT2D eigenvalue weighted by atomic mass is 9.62. The van der Waals surface area contributed by atoms with E-state index < -0.39 is 5.41 Å². The van der Waals surface area contributed by atoms with Crippen LogP contribution < -0.4 is 48.6 Å². The van der Waals surface area contributed by atoms with Gasteiger partial charge in [-0.05, 0) is 77.7 Å². The van der Waals surface area contributed by atoms with Crippen LogP contribution in [0.3, 0.4) is 0 Å². The van der Waals surface area contributed by atoms with Gasteiger partial charge in [0.2, 0.25) is 0 Å². The molecule has 0 unspecified atom stereocenters. The maximum atomic E-state index is 2.69. The third-order valence-corrected chi connectivity index (χ3v) is 15.4. The van der Waals surface area contributed by atoms with Gasteiger partial charge in [0.15, 0.2) is 0 Å². The summed E-state index contributed by atoms with van der Waals surface area (Å²) < 4.78 is 0. The fourth-order valence-electron chi connectivity index (χ4n) is 12.0. The van der Waals surface area contributed by atoms with Gasteiger partial charge in [-0.1, -0.05) is 226 Å². The van der Waals surface area contributed by atoms with E-state index in [1.807, 2.05) is 0 Å². The van der Waals surface area contributed by atoms with Gasteiger partial charge in [-0.25, -0.2) is 0 Å². The molecule has 11 rings (SSSR count). The molecule has 0 radical (unpaired) electrons. The average Bonchev–Trinajstić information content (AvgIpc) is 3.67. The van der Waals surface area contributed by atoms with Crippen LogP contribution in [-0.2, 0) is 5.41 Å². The van der Waals surface area contributed by atoms with E-state index in [0.29, 0.717) is 0 Å². The predicted octanol–water partition coefficient (Wildman–Crippen LogP) is 1.23. The summed E-state index contributed by atoms with van der Waals surface area (Å²) in [6.07, 6.45) is 0. The van der Waals surface area contributed by atoms with Gasteiger partial charge >= 0.3 is 0 Å². The standard InChI is InChI=1S/C57H47B8N/c58-47-45(38-27-13-18-32-16-7-9-24-36(32)38)48(59)52(63)55(51(47)62)66(56-53(64)49(60)46(50(61)54(56)65)39-28-14-19-33-17-8-10-25-37(33)39)43-31-15-30-42-44(43)40-26-11-12-29-41(40)57(42,34-20-3-1-4-21-34)35-22-5-2-6-23-35/h1-31H,58-65H2. The summed E-state index contributed by atoms with van der Waals surface area (Å²) in [4.78, 5) is 2.69. The van der Waals surface area contributed by atoms with Gasteiger partial charge in [0.05, 0.1) is 11.1 Å². The molecule has 0 bridgehead atoms. The summed E-state index contributed by atoms with van der Waals surface area (Å²) in [6.45, 7) is 0. The smallest absolute Gasteiger partial charge is 0.141 e. The Bertz CT molecular complexity index is 3340. The Labute approximate surface area is 397 Å². The topological polar surface area (TPSA) is 3.24 Å². The van der Waals surface area contributed by atoms with Crippen LogP contribution in [0.25, 0.3) is 54.9 Å². The molecule has 1 aliphatic carbocycles. The van der Waals surface area contributed by atoms with Crippen molar-refractivity contribution in [3.8, 4) is 33.4 Å². The van der Waals surface area contributed by atoms with Crippen molar-refractivity contribution in [1.82, 2.24) is 0 Å². The van der Waals surface area contributed by atoms with Crippen molar-refractivity contribution in [1.29, 1.82) is 0 Å². The minimum atomic E-state index is -0.529. The van der Waals surface area contributed by atoms with E-state index in [0.717, 1.165) is 0 Å². The zero-order chi connectivity index (χ0) is 45.4. The maximum absolute atomic E-state index is 2.69. The number of fused-ring (bicyclic) bond motifs is 5. The highest BCUT2D eigenvalue weighted by Gasteiger charge is 2.47. The highest BCUT2D eigenvalue weighted by molar-refractivity contribution is 6.66. The highest BCUT2D eigenvalue weighted by atomic mass is 15.2. The van der Waals surface area contributed by atoms with Gasteiger partial charge in [0.25, 0.3) is 0 Å². The van der Waals surface area contributed by atoms with Gasteiger partial charge in [-0.3, -0.25) is 0 Å². The molecule has 66 heavy (non-hydrogen) atoms. The lowest BCUT2D eigenvalue weighted by molar-refractivity contribution is 0.768. The van der Waals surface area contributed by atoms with E-state index in [4.69, 9.17) is 0 Å². The van der Waals surface area contributed by atoms with Crippen molar-refractivity contribution in [2.75, 3.05) is 4.90 Å². The molecular weight excluding hydrogens is 785 g/mol. The first-order valence-corrected chi connectivity index (χ1v) is 23.5. The number of anilines is 3. The third kappa shape index (κ3) is 6.05. The molecule has 0 saturated heterocycles. The molecule has 304 valence electrons. The first kappa shape index (κ1) is 41.7. The van der Waals surface area contributed by atoms with E-state index in [9.17, 15) is 0 Å². The summed E-state index contributed by atoms with van der Waals surface area (Å²) >= 11 is 0. The Morgan fingerprint density at radius 3 is 1.14 bits per heavy atom. The Balaban J connectivity index is 1.27. The summed E-state index contributed by atoms with van der Waals surface area (Å²) in [5.74, 6) is 0. The fraction of sp³-hybridized carbons (Fsp3) is 0.0175. The Morgan fingerprint density at radius 1 is 0.288 bits per heavy atom. The van der Waals surface area contributed by atoms with Crippen molar-refractivity contribution in [3.63, 3.8) is 0 Å². The number of rotatable bonds is 7. The molecule has 0 fully saturated rings. The van der Waals surface area contributed by atoms with Crippen LogP contribution in [-0.4, -0.2) is 62.8 Å². The van der Waals surface area contributed by atoms with Crippen molar-refractivity contribution in [2.24, 2.45) is 0 Å². The van der Waals surface area contributed by atoms with Gasteiger partial charge in [0.1, 0.15) is 62.8 Å². The second kappa shape index (κ2) is 16.2. The molecule has 0 atom stereocenters. The summed E-state index contributed by atoms with van der Waals surface area (Å²) in [5, 5.41) is 5.09. The molecule has 0 heterocycles. The number of hydrogen-bond donors (Lipinski definition) is 0. The van der Waals surface area contributed by atoms with E-state index in [2.05, 4.69) is 256 Å². The first-order chi connectivity index (χ1) is 32.1. The second-order valence-electron chi connectivity index (χ2n) is 18.6. The average molecular weight is 833 g/mol. The van der Waals surface area contributed by atoms with Gasteiger partial charge in [0, 0.05) is 16.9 Å². The van der Waals surface area contributed by atoms with Crippen molar-refractivity contribution in [2.45, 2.75) is 5.41 Å². The molecule has 1 nitrogen and oxygen atoms in total. The monoisotopic (exact) mass is 833 g/mol. The first-order valence-electron chi connectivity index (χ1n) is 23.5. The molecule has 1 aliphatic rings. The summed E-state index contributed by atoms with van der Waals surface area (Å²) in [6, 6.07) is 69.8. The van der Waals surface area contributed by atoms with Crippen molar-refractivity contribution < 1.29 is 0 Å². The molecule has 0 amide bonds. The third-order valence-electron chi connectivity index (χ3n) is 15.4. The van der Waals surface area contributed by atoms with Crippen LogP contribution in [0.1, 0.15) is 22.3 Å². The Hall–Kier alpha value is -6.96. The van der Waals surface area contributed by atoms with Crippen LogP contribution in [0.4, 0.5) is 17.1 Å². The molecule has 10 aromatic rings. The van der Waals surface area contributed by atoms with Crippen LogP contribution in [0.5, 0.6) is 0 Å². The molecule has 0 aromatic heterocycles. The Morgan fingerprint density at radius 2 is 0.652 bits per heavy atom. The zero-order valence-corrected chi connectivity index (χ0v) is 39.3. The molecule has 0 N–H and O–H groups in total. The fourth-order valence-corrected chi connectivity index (χ4v) is 12.0. The summed E-state index contributed by atoms with van der Waals surface area (Å²) in [5.41, 5.74) is 26.5. The molecule has 0 saturated carbocycles. The lowest BCUT2D eigenvalue weighted by Crippen LogP contribution is -2.50. The van der Waals surface area contributed by atoms with E-state index in [-0.39, 0.29) is 0 Å². The normalized spacial score (nSPS) is 12.5. The predicted molar refractivity (Wildman–Crippen MR) is 310 cm³/mol.